The zero-order valence-corrected chi connectivity index (χ0v) is 9.74. The van der Waals surface area contributed by atoms with E-state index in [2.05, 4.69) is 37.3 Å². The lowest BCUT2D eigenvalue weighted by Crippen LogP contribution is -1.97. The van der Waals surface area contributed by atoms with Crippen molar-refractivity contribution in [1.29, 1.82) is 0 Å². The van der Waals surface area contributed by atoms with Gasteiger partial charge in [-0.1, -0.05) is 43.7 Å². The first-order chi connectivity index (χ1) is 7.43. The topological polar surface area (TPSA) is 9.23 Å². The Hall–Kier alpha value is -0.820. The summed E-state index contributed by atoms with van der Waals surface area (Å²) in [5.41, 5.74) is 1.44. The molecule has 0 aliphatic carbocycles. The number of rotatable bonds is 8. The van der Waals surface area contributed by atoms with Crippen LogP contribution >= 0.6 is 0 Å². The fourth-order valence-corrected chi connectivity index (χ4v) is 1.53. The monoisotopic (exact) mass is 206 g/mol. The minimum absolute atomic E-state index is 0.923. The second kappa shape index (κ2) is 8.49. The van der Waals surface area contributed by atoms with Gasteiger partial charge >= 0.3 is 0 Å². The number of ether oxygens (including phenoxy) is 1. The number of benzene rings is 1. The molecule has 1 aromatic rings. The van der Waals surface area contributed by atoms with Gasteiger partial charge < -0.3 is 4.74 Å². The van der Waals surface area contributed by atoms with Gasteiger partial charge in [-0.25, -0.2) is 0 Å². The average Bonchev–Trinajstić information content (AvgIpc) is 2.29. The maximum Gasteiger partial charge on any atom is 0.0466 e. The average molecular weight is 206 g/mol. The van der Waals surface area contributed by atoms with Crippen molar-refractivity contribution in [1.82, 2.24) is 0 Å². The van der Waals surface area contributed by atoms with E-state index in [9.17, 15) is 0 Å². The quantitative estimate of drug-likeness (QED) is 0.587. The van der Waals surface area contributed by atoms with Crippen LogP contribution in [0.5, 0.6) is 0 Å². The van der Waals surface area contributed by atoms with E-state index in [0.29, 0.717) is 0 Å². The molecule has 0 fully saturated rings. The van der Waals surface area contributed by atoms with E-state index in [1.807, 2.05) is 0 Å². The lowest BCUT2D eigenvalue weighted by molar-refractivity contribution is 0.127. The summed E-state index contributed by atoms with van der Waals surface area (Å²) in [5.74, 6) is 0. The summed E-state index contributed by atoms with van der Waals surface area (Å²) in [6, 6.07) is 10.7. The van der Waals surface area contributed by atoms with Crippen molar-refractivity contribution in [2.24, 2.45) is 0 Å². The summed E-state index contributed by atoms with van der Waals surface area (Å²) in [5, 5.41) is 0. The first-order valence-electron chi connectivity index (χ1n) is 6.05. The van der Waals surface area contributed by atoms with Crippen molar-refractivity contribution < 1.29 is 4.74 Å². The normalized spacial score (nSPS) is 10.5. The highest BCUT2D eigenvalue weighted by Gasteiger charge is 1.92. The summed E-state index contributed by atoms with van der Waals surface area (Å²) < 4.78 is 5.51. The van der Waals surface area contributed by atoms with Crippen LogP contribution in [0.25, 0.3) is 0 Å². The van der Waals surface area contributed by atoms with Crippen LogP contribution < -0.4 is 0 Å². The van der Waals surface area contributed by atoms with Gasteiger partial charge in [0, 0.05) is 13.2 Å². The molecular weight excluding hydrogens is 184 g/mol. The molecule has 0 aliphatic heterocycles. The largest absolute Gasteiger partial charge is 0.381 e. The number of unbranched alkanes of at least 4 members (excludes halogenated alkanes) is 2. The van der Waals surface area contributed by atoms with Crippen LogP contribution in [-0.4, -0.2) is 13.2 Å². The molecule has 1 rings (SSSR count). The summed E-state index contributed by atoms with van der Waals surface area (Å²) in [6.07, 6.45) is 6.01. The smallest absolute Gasteiger partial charge is 0.0466 e. The highest BCUT2D eigenvalue weighted by atomic mass is 16.5. The molecular formula is C14H22O. The van der Waals surface area contributed by atoms with Crippen LogP contribution in [0.2, 0.25) is 0 Å². The highest BCUT2D eigenvalue weighted by Crippen LogP contribution is 2.04. The molecule has 84 valence electrons. The van der Waals surface area contributed by atoms with Crippen LogP contribution in [0.15, 0.2) is 30.3 Å². The first-order valence-corrected chi connectivity index (χ1v) is 6.05. The second-order valence-corrected chi connectivity index (χ2v) is 3.91. The molecule has 0 spiro atoms. The summed E-state index contributed by atoms with van der Waals surface area (Å²) in [6.45, 7) is 4.05. The Morgan fingerprint density at radius 3 is 2.40 bits per heavy atom. The first kappa shape index (κ1) is 12.3. The molecule has 0 atom stereocenters. The van der Waals surface area contributed by atoms with Gasteiger partial charge in [-0.05, 0) is 31.2 Å². The fourth-order valence-electron chi connectivity index (χ4n) is 1.53. The molecule has 1 heteroatoms. The Balaban J connectivity index is 1.93. The molecule has 0 aliphatic rings. The molecule has 0 heterocycles. The molecule has 0 N–H and O–H groups in total. The van der Waals surface area contributed by atoms with E-state index >= 15 is 0 Å². The van der Waals surface area contributed by atoms with E-state index in [1.54, 1.807) is 0 Å². The number of hydrogen-bond donors (Lipinski definition) is 0. The predicted molar refractivity (Wildman–Crippen MR) is 65.1 cm³/mol. The van der Waals surface area contributed by atoms with Gasteiger partial charge in [-0.3, -0.25) is 0 Å². The van der Waals surface area contributed by atoms with Gasteiger partial charge in [0.05, 0.1) is 0 Å². The Labute approximate surface area is 93.5 Å². The zero-order chi connectivity index (χ0) is 10.8. The molecule has 0 bridgehead atoms. The minimum atomic E-state index is 0.923. The van der Waals surface area contributed by atoms with Crippen LogP contribution in [0, 0.1) is 0 Å². The molecule has 0 saturated carbocycles. The van der Waals surface area contributed by atoms with Crippen LogP contribution in [0.3, 0.4) is 0 Å². The van der Waals surface area contributed by atoms with Crippen LogP contribution in [0.4, 0.5) is 0 Å². The summed E-state index contributed by atoms with van der Waals surface area (Å²) in [7, 11) is 0. The van der Waals surface area contributed by atoms with Gasteiger partial charge in [-0.2, -0.15) is 0 Å². The zero-order valence-electron chi connectivity index (χ0n) is 9.74. The Kier molecular flexibility index (Phi) is 6.93. The van der Waals surface area contributed by atoms with Gasteiger partial charge in [0.1, 0.15) is 0 Å². The highest BCUT2D eigenvalue weighted by molar-refractivity contribution is 5.14. The molecule has 15 heavy (non-hydrogen) atoms. The molecule has 0 saturated heterocycles. The van der Waals surface area contributed by atoms with E-state index < -0.39 is 0 Å². The van der Waals surface area contributed by atoms with Gasteiger partial charge in [0.2, 0.25) is 0 Å². The third-order valence-electron chi connectivity index (χ3n) is 2.49. The molecule has 0 amide bonds. The predicted octanol–water partition coefficient (Wildman–Crippen LogP) is 3.83. The Morgan fingerprint density at radius 2 is 1.67 bits per heavy atom. The summed E-state index contributed by atoms with van der Waals surface area (Å²) >= 11 is 0. The SMILES string of the molecule is CCCCOCCCCc1ccccc1. The third-order valence-corrected chi connectivity index (χ3v) is 2.49. The van der Waals surface area contributed by atoms with Crippen LogP contribution in [0.1, 0.15) is 38.2 Å². The number of aryl methyl sites for hydroxylation is 1. The van der Waals surface area contributed by atoms with Gasteiger partial charge in [0.25, 0.3) is 0 Å². The molecule has 1 aromatic carbocycles. The Morgan fingerprint density at radius 1 is 0.933 bits per heavy atom. The Bertz CT molecular complexity index is 230. The lowest BCUT2D eigenvalue weighted by Gasteiger charge is -2.03. The van der Waals surface area contributed by atoms with Gasteiger partial charge in [-0.15, -0.1) is 0 Å². The molecule has 0 radical (unpaired) electrons. The molecule has 0 unspecified atom stereocenters. The van der Waals surface area contributed by atoms with Crippen molar-refractivity contribution in [2.45, 2.75) is 39.0 Å². The number of hydrogen-bond acceptors (Lipinski definition) is 1. The van der Waals surface area contributed by atoms with E-state index in [-0.39, 0.29) is 0 Å². The standard InChI is InChI=1S/C14H22O/c1-2-3-12-15-13-8-7-11-14-9-5-4-6-10-14/h4-6,9-10H,2-3,7-8,11-13H2,1H3. The minimum Gasteiger partial charge on any atom is -0.381 e. The fraction of sp³-hybridized carbons (Fsp3) is 0.571. The van der Waals surface area contributed by atoms with E-state index in [1.165, 1.54) is 37.7 Å². The van der Waals surface area contributed by atoms with Crippen molar-refractivity contribution in [3.05, 3.63) is 35.9 Å². The van der Waals surface area contributed by atoms with E-state index in [4.69, 9.17) is 4.74 Å². The van der Waals surface area contributed by atoms with Crippen molar-refractivity contribution in [2.75, 3.05) is 13.2 Å². The van der Waals surface area contributed by atoms with Crippen molar-refractivity contribution >= 4 is 0 Å². The van der Waals surface area contributed by atoms with Gasteiger partial charge in [0.15, 0.2) is 0 Å². The van der Waals surface area contributed by atoms with Crippen molar-refractivity contribution in [3.8, 4) is 0 Å². The molecule has 1 nitrogen and oxygen atoms in total. The van der Waals surface area contributed by atoms with Crippen molar-refractivity contribution in [3.63, 3.8) is 0 Å². The molecule has 0 aromatic heterocycles. The third kappa shape index (κ3) is 6.29. The maximum atomic E-state index is 5.51. The second-order valence-electron chi connectivity index (χ2n) is 3.91. The van der Waals surface area contributed by atoms with E-state index in [0.717, 1.165) is 13.2 Å². The lowest BCUT2D eigenvalue weighted by atomic mass is 10.1. The summed E-state index contributed by atoms with van der Waals surface area (Å²) in [4.78, 5) is 0. The van der Waals surface area contributed by atoms with Crippen LogP contribution in [-0.2, 0) is 11.2 Å². The maximum absolute atomic E-state index is 5.51.